The number of thioether (sulfide) groups is 1. The van der Waals surface area contributed by atoms with E-state index in [4.69, 9.17) is 5.11 Å². The summed E-state index contributed by atoms with van der Waals surface area (Å²) < 4.78 is 0. The Hall–Kier alpha value is -2.80. The molecule has 0 bridgehead atoms. The average molecular weight is 342 g/mol. The van der Waals surface area contributed by atoms with E-state index in [0.717, 1.165) is 22.3 Å². The predicted molar refractivity (Wildman–Crippen MR) is 90.8 cm³/mol. The van der Waals surface area contributed by atoms with Gasteiger partial charge < -0.3 is 10.4 Å². The molecule has 0 radical (unpaired) electrons. The molecule has 2 aromatic rings. The van der Waals surface area contributed by atoms with E-state index in [0.29, 0.717) is 5.56 Å². The maximum absolute atomic E-state index is 12.4. The van der Waals surface area contributed by atoms with Crippen LogP contribution in [0.2, 0.25) is 0 Å². The molecule has 1 atom stereocenters. The molecule has 1 aliphatic rings. The Morgan fingerprint density at radius 3 is 2.58 bits per heavy atom. The summed E-state index contributed by atoms with van der Waals surface area (Å²) in [6, 6.07) is 15.4. The summed E-state index contributed by atoms with van der Waals surface area (Å²) in [4.78, 5) is 36.7. The molecule has 1 saturated heterocycles. The van der Waals surface area contributed by atoms with Crippen molar-refractivity contribution in [3.05, 3.63) is 65.7 Å². The zero-order valence-corrected chi connectivity index (χ0v) is 13.3. The van der Waals surface area contributed by atoms with Crippen LogP contribution in [0.4, 0.5) is 10.5 Å². The summed E-state index contributed by atoms with van der Waals surface area (Å²) in [5, 5.41) is 11.0. The Bertz CT molecular complexity index is 794. The van der Waals surface area contributed by atoms with E-state index in [9.17, 15) is 14.4 Å². The number of nitrogens with one attached hydrogen (secondary N) is 1. The van der Waals surface area contributed by atoms with Crippen molar-refractivity contribution in [1.29, 1.82) is 0 Å². The van der Waals surface area contributed by atoms with Gasteiger partial charge in [-0.05, 0) is 41.6 Å². The van der Waals surface area contributed by atoms with Crippen LogP contribution >= 0.6 is 11.8 Å². The van der Waals surface area contributed by atoms with Crippen molar-refractivity contribution < 1.29 is 19.5 Å². The zero-order chi connectivity index (χ0) is 17.1. The van der Waals surface area contributed by atoms with Crippen LogP contribution in [0.3, 0.4) is 0 Å². The van der Waals surface area contributed by atoms with E-state index in [-0.39, 0.29) is 23.3 Å². The monoisotopic (exact) mass is 342 g/mol. The number of para-hydroxylation sites is 1. The predicted octanol–water partition coefficient (Wildman–Crippen LogP) is 3.02. The molecule has 2 N–H and O–H groups in total. The first-order chi connectivity index (χ1) is 11.5. The third-order valence-electron chi connectivity index (χ3n) is 3.52. The van der Waals surface area contributed by atoms with Gasteiger partial charge in [0.15, 0.2) is 5.37 Å². The number of aromatic carboxylic acids is 1. The van der Waals surface area contributed by atoms with Gasteiger partial charge in [-0.25, -0.2) is 4.79 Å². The highest BCUT2D eigenvalue weighted by Gasteiger charge is 2.39. The van der Waals surface area contributed by atoms with Crippen LogP contribution in [-0.2, 0) is 11.3 Å². The highest BCUT2D eigenvalue weighted by molar-refractivity contribution is 8.15. The molecule has 24 heavy (non-hydrogen) atoms. The Morgan fingerprint density at radius 2 is 1.88 bits per heavy atom. The number of nitrogens with zero attached hydrogens (tertiary/aromatic N) is 1. The quantitative estimate of drug-likeness (QED) is 0.868. The Morgan fingerprint density at radius 1 is 1.12 bits per heavy atom. The number of imide groups is 1. The van der Waals surface area contributed by atoms with Crippen molar-refractivity contribution in [3.8, 4) is 0 Å². The number of hydrogen-bond donors (Lipinski definition) is 2. The molecule has 6 nitrogen and oxygen atoms in total. The summed E-state index contributed by atoms with van der Waals surface area (Å²) in [6.45, 7) is 0.0543. The molecular formula is C17H14N2O4S. The van der Waals surface area contributed by atoms with Crippen LogP contribution < -0.4 is 5.32 Å². The number of carbonyl (C=O) groups is 3. The van der Waals surface area contributed by atoms with E-state index in [1.807, 2.05) is 30.3 Å². The summed E-state index contributed by atoms with van der Waals surface area (Å²) in [5.74, 6) is -1.39. The van der Waals surface area contributed by atoms with Crippen molar-refractivity contribution >= 4 is 34.6 Å². The molecule has 3 rings (SSSR count). The minimum absolute atomic E-state index is 0.0543. The van der Waals surface area contributed by atoms with Crippen LogP contribution in [-0.4, -0.2) is 32.5 Å². The molecule has 1 aliphatic heterocycles. The maximum atomic E-state index is 12.4. The molecular weight excluding hydrogens is 328 g/mol. The lowest BCUT2D eigenvalue weighted by molar-refractivity contribution is -0.126. The number of carboxylic acids is 1. The fourth-order valence-corrected chi connectivity index (χ4v) is 3.26. The molecule has 0 spiro atoms. The van der Waals surface area contributed by atoms with Crippen molar-refractivity contribution in [1.82, 2.24) is 4.90 Å². The first-order valence-electron chi connectivity index (χ1n) is 7.20. The molecule has 2 aromatic carbocycles. The van der Waals surface area contributed by atoms with Crippen molar-refractivity contribution in [2.45, 2.75) is 11.9 Å². The van der Waals surface area contributed by atoms with Gasteiger partial charge in [-0.15, -0.1) is 0 Å². The summed E-state index contributed by atoms with van der Waals surface area (Å²) in [7, 11) is 0. The van der Waals surface area contributed by atoms with Crippen molar-refractivity contribution in [2.24, 2.45) is 0 Å². The minimum Gasteiger partial charge on any atom is -0.478 e. The maximum Gasteiger partial charge on any atom is 0.335 e. The smallest absolute Gasteiger partial charge is 0.335 e. The second-order valence-electron chi connectivity index (χ2n) is 5.20. The zero-order valence-electron chi connectivity index (χ0n) is 12.5. The van der Waals surface area contributed by atoms with E-state index < -0.39 is 11.3 Å². The SMILES string of the molecule is O=C(O)c1cccc(CN2C(=O)S[C@@H](Nc3ccccc3)C2=O)c1. The third kappa shape index (κ3) is 3.41. The number of carboxylic acid groups (broad SMARTS) is 1. The molecule has 0 saturated carbocycles. The highest BCUT2D eigenvalue weighted by atomic mass is 32.2. The Kier molecular flexibility index (Phi) is 4.52. The summed E-state index contributed by atoms with van der Waals surface area (Å²) in [6.07, 6.45) is 0. The molecule has 7 heteroatoms. The largest absolute Gasteiger partial charge is 0.478 e. The Balaban J connectivity index is 1.72. The highest BCUT2D eigenvalue weighted by Crippen LogP contribution is 2.29. The fraction of sp³-hybridized carbons (Fsp3) is 0.118. The number of hydrogen-bond acceptors (Lipinski definition) is 5. The van der Waals surface area contributed by atoms with E-state index >= 15 is 0 Å². The van der Waals surface area contributed by atoms with E-state index in [2.05, 4.69) is 5.32 Å². The lowest BCUT2D eigenvalue weighted by Gasteiger charge is -2.15. The van der Waals surface area contributed by atoms with Crippen LogP contribution in [0.5, 0.6) is 0 Å². The van der Waals surface area contributed by atoms with Crippen LogP contribution in [0.15, 0.2) is 54.6 Å². The van der Waals surface area contributed by atoms with Crippen LogP contribution in [0.25, 0.3) is 0 Å². The van der Waals surface area contributed by atoms with Gasteiger partial charge in [-0.2, -0.15) is 0 Å². The molecule has 0 aromatic heterocycles. The van der Waals surface area contributed by atoms with Crippen LogP contribution in [0, 0.1) is 0 Å². The van der Waals surface area contributed by atoms with Gasteiger partial charge >= 0.3 is 5.97 Å². The van der Waals surface area contributed by atoms with E-state index in [1.165, 1.54) is 12.1 Å². The minimum atomic E-state index is -1.05. The van der Waals surface area contributed by atoms with Crippen molar-refractivity contribution in [2.75, 3.05) is 5.32 Å². The number of anilines is 1. The second-order valence-corrected chi connectivity index (χ2v) is 6.26. The first-order valence-corrected chi connectivity index (χ1v) is 8.08. The van der Waals surface area contributed by atoms with Gasteiger partial charge in [0.1, 0.15) is 0 Å². The van der Waals surface area contributed by atoms with Gasteiger partial charge in [-0.1, -0.05) is 30.3 Å². The number of benzene rings is 2. The normalized spacial score (nSPS) is 17.2. The molecule has 1 heterocycles. The first kappa shape index (κ1) is 16.1. The molecule has 1 fully saturated rings. The second kappa shape index (κ2) is 6.76. The fourth-order valence-electron chi connectivity index (χ4n) is 2.35. The van der Waals surface area contributed by atoms with Crippen molar-refractivity contribution in [3.63, 3.8) is 0 Å². The topological polar surface area (TPSA) is 86.7 Å². The number of rotatable bonds is 5. The van der Waals surface area contributed by atoms with Gasteiger partial charge in [0.2, 0.25) is 0 Å². The van der Waals surface area contributed by atoms with Gasteiger partial charge in [0.25, 0.3) is 11.1 Å². The molecule has 0 aliphatic carbocycles. The Labute approximate surface area is 142 Å². The standard InChI is InChI=1S/C17H14N2O4S/c20-15-14(18-13-7-2-1-3-8-13)24-17(23)19(15)10-11-5-4-6-12(9-11)16(21)22/h1-9,14,18H,10H2,(H,21,22)/t14-/m1/s1. The average Bonchev–Trinajstić information content (AvgIpc) is 2.83. The molecule has 0 unspecified atom stereocenters. The van der Waals surface area contributed by atoms with Gasteiger partial charge in [-0.3, -0.25) is 14.5 Å². The molecule has 122 valence electrons. The summed E-state index contributed by atoms with van der Waals surface area (Å²) in [5.41, 5.74) is 1.47. The summed E-state index contributed by atoms with van der Waals surface area (Å²) >= 11 is 0.916. The lowest BCUT2D eigenvalue weighted by Crippen LogP contribution is -2.33. The van der Waals surface area contributed by atoms with Gasteiger partial charge in [0.05, 0.1) is 12.1 Å². The third-order valence-corrected chi connectivity index (χ3v) is 4.49. The number of amides is 2. The molecule has 2 amide bonds. The number of carbonyl (C=O) groups excluding carboxylic acids is 2. The van der Waals surface area contributed by atoms with Gasteiger partial charge in [0, 0.05) is 5.69 Å². The lowest BCUT2D eigenvalue weighted by atomic mass is 10.1. The van der Waals surface area contributed by atoms with Crippen LogP contribution in [0.1, 0.15) is 15.9 Å². The van der Waals surface area contributed by atoms with E-state index in [1.54, 1.807) is 12.1 Å².